The first-order valence-corrected chi connectivity index (χ1v) is 3.89. The first-order valence-electron chi connectivity index (χ1n) is 3.89. The average molecular weight is 165 g/mol. The summed E-state index contributed by atoms with van der Waals surface area (Å²) in [6.45, 7) is 5.63. The standard InChI is InChI=1S/C9H13N2O/c1-9(2,3)11(12)8-4-6-10-7-5-8/h4-7H,1-3H3. The lowest BCUT2D eigenvalue weighted by Crippen LogP contribution is -2.37. The van der Waals surface area contributed by atoms with Crippen LogP contribution >= 0.6 is 0 Å². The molecule has 0 spiro atoms. The van der Waals surface area contributed by atoms with Crippen molar-refractivity contribution in [2.45, 2.75) is 26.3 Å². The molecule has 0 bridgehead atoms. The lowest BCUT2D eigenvalue weighted by atomic mass is 10.1. The SMILES string of the molecule is CC(C)(C)N([O])c1ccncc1. The van der Waals surface area contributed by atoms with E-state index in [4.69, 9.17) is 0 Å². The Balaban J connectivity index is 2.86. The Morgan fingerprint density at radius 3 is 2.17 bits per heavy atom. The second-order valence-electron chi connectivity index (χ2n) is 3.67. The molecule has 1 aromatic rings. The molecule has 0 aliphatic heterocycles. The maximum Gasteiger partial charge on any atom is 0.0704 e. The van der Waals surface area contributed by atoms with Crippen molar-refractivity contribution < 1.29 is 5.21 Å². The van der Waals surface area contributed by atoms with Crippen LogP contribution in [0.5, 0.6) is 0 Å². The molecule has 1 aromatic heterocycles. The van der Waals surface area contributed by atoms with Crippen molar-refractivity contribution in [2.75, 3.05) is 5.06 Å². The summed E-state index contributed by atoms with van der Waals surface area (Å²) >= 11 is 0. The highest BCUT2D eigenvalue weighted by molar-refractivity contribution is 5.43. The Kier molecular flexibility index (Phi) is 2.33. The number of hydrogen-bond donors (Lipinski definition) is 0. The lowest BCUT2D eigenvalue weighted by molar-refractivity contribution is 0.102. The minimum absolute atomic E-state index is 0.388. The van der Waals surface area contributed by atoms with Crippen LogP contribution in [0.2, 0.25) is 0 Å². The van der Waals surface area contributed by atoms with Crippen LogP contribution in [-0.4, -0.2) is 10.5 Å². The highest BCUT2D eigenvalue weighted by Crippen LogP contribution is 2.20. The normalized spacial score (nSPS) is 11.3. The molecule has 65 valence electrons. The van der Waals surface area contributed by atoms with Gasteiger partial charge in [0.05, 0.1) is 11.2 Å². The molecule has 0 N–H and O–H groups in total. The fourth-order valence-corrected chi connectivity index (χ4v) is 0.867. The molecular weight excluding hydrogens is 152 g/mol. The largest absolute Gasteiger partial charge is 0.265 e. The van der Waals surface area contributed by atoms with Crippen molar-refractivity contribution in [1.82, 2.24) is 4.98 Å². The number of hydroxylamine groups is 1. The van der Waals surface area contributed by atoms with E-state index in [9.17, 15) is 5.21 Å². The van der Waals surface area contributed by atoms with E-state index >= 15 is 0 Å². The van der Waals surface area contributed by atoms with E-state index in [1.165, 1.54) is 0 Å². The van der Waals surface area contributed by atoms with Gasteiger partial charge < -0.3 is 0 Å². The van der Waals surface area contributed by atoms with Gasteiger partial charge in [0.1, 0.15) is 0 Å². The van der Waals surface area contributed by atoms with Gasteiger partial charge in [0.2, 0.25) is 0 Å². The van der Waals surface area contributed by atoms with E-state index in [-0.39, 0.29) is 5.54 Å². The van der Waals surface area contributed by atoms with E-state index in [0.29, 0.717) is 5.69 Å². The van der Waals surface area contributed by atoms with E-state index in [1.54, 1.807) is 24.5 Å². The first kappa shape index (κ1) is 9.00. The number of hydrogen-bond acceptors (Lipinski definition) is 2. The monoisotopic (exact) mass is 165 g/mol. The Morgan fingerprint density at radius 2 is 1.75 bits per heavy atom. The molecule has 0 aromatic carbocycles. The summed E-state index contributed by atoms with van der Waals surface area (Å²) < 4.78 is 0. The van der Waals surface area contributed by atoms with E-state index < -0.39 is 0 Å². The van der Waals surface area contributed by atoms with E-state index in [2.05, 4.69) is 4.98 Å². The van der Waals surface area contributed by atoms with Crippen LogP contribution < -0.4 is 5.06 Å². The van der Waals surface area contributed by atoms with Crippen LogP contribution in [0.15, 0.2) is 24.5 Å². The van der Waals surface area contributed by atoms with Crippen molar-refractivity contribution in [3.63, 3.8) is 0 Å². The van der Waals surface area contributed by atoms with Crippen molar-refractivity contribution in [3.8, 4) is 0 Å². The molecule has 0 fully saturated rings. The molecule has 0 aliphatic rings. The second kappa shape index (κ2) is 3.11. The second-order valence-corrected chi connectivity index (χ2v) is 3.67. The molecule has 0 aliphatic carbocycles. The molecule has 0 saturated heterocycles. The predicted molar refractivity (Wildman–Crippen MR) is 47.2 cm³/mol. The zero-order valence-corrected chi connectivity index (χ0v) is 7.61. The van der Waals surface area contributed by atoms with Crippen LogP contribution in [0.25, 0.3) is 0 Å². The molecule has 1 radical (unpaired) electrons. The summed E-state index contributed by atoms with van der Waals surface area (Å²) in [4.78, 5) is 3.84. The smallest absolute Gasteiger partial charge is 0.0704 e. The quantitative estimate of drug-likeness (QED) is 0.597. The Bertz CT molecular complexity index is 240. The average Bonchev–Trinajstić information content (AvgIpc) is 2.03. The lowest BCUT2D eigenvalue weighted by Gasteiger charge is -2.28. The maximum absolute atomic E-state index is 11.6. The van der Waals surface area contributed by atoms with Gasteiger partial charge in [-0.15, -0.1) is 0 Å². The molecule has 1 rings (SSSR count). The summed E-state index contributed by atoms with van der Waals surface area (Å²) in [5.41, 5.74) is 0.263. The zero-order chi connectivity index (χ0) is 9.19. The summed E-state index contributed by atoms with van der Waals surface area (Å²) in [6, 6.07) is 3.41. The highest BCUT2D eigenvalue weighted by Gasteiger charge is 2.20. The molecule has 0 atom stereocenters. The summed E-state index contributed by atoms with van der Waals surface area (Å²) in [6.07, 6.45) is 3.23. The van der Waals surface area contributed by atoms with Crippen molar-refractivity contribution in [2.24, 2.45) is 0 Å². The maximum atomic E-state index is 11.6. The van der Waals surface area contributed by atoms with Gasteiger partial charge in [-0.3, -0.25) is 4.98 Å². The molecule has 12 heavy (non-hydrogen) atoms. The molecule has 0 saturated carbocycles. The van der Waals surface area contributed by atoms with Gasteiger partial charge in [0.15, 0.2) is 0 Å². The fraction of sp³-hybridized carbons (Fsp3) is 0.444. The van der Waals surface area contributed by atoms with E-state index in [1.807, 2.05) is 20.8 Å². The zero-order valence-electron chi connectivity index (χ0n) is 7.61. The van der Waals surface area contributed by atoms with Gasteiger partial charge in [-0.1, -0.05) is 5.21 Å². The molecule has 3 heteroatoms. The number of anilines is 1. The summed E-state index contributed by atoms with van der Waals surface area (Å²) in [5, 5.41) is 12.5. The molecule has 1 heterocycles. The molecule has 3 nitrogen and oxygen atoms in total. The van der Waals surface area contributed by atoms with Crippen molar-refractivity contribution in [1.29, 1.82) is 0 Å². The predicted octanol–water partition coefficient (Wildman–Crippen LogP) is 2.03. The Hall–Kier alpha value is -1.09. The summed E-state index contributed by atoms with van der Waals surface area (Å²) in [5.74, 6) is 0. The van der Waals surface area contributed by atoms with Crippen molar-refractivity contribution >= 4 is 5.69 Å². The number of aromatic nitrogens is 1. The van der Waals surface area contributed by atoms with Crippen LogP contribution in [0.1, 0.15) is 20.8 Å². The van der Waals surface area contributed by atoms with Crippen LogP contribution in [0.4, 0.5) is 5.69 Å². The van der Waals surface area contributed by atoms with Gasteiger partial charge in [0.25, 0.3) is 0 Å². The number of nitrogens with zero attached hydrogens (tertiary/aromatic N) is 2. The van der Waals surface area contributed by atoms with Gasteiger partial charge in [0, 0.05) is 12.4 Å². The Morgan fingerprint density at radius 1 is 1.25 bits per heavy atom. The Labute approximate surface area is 72.6 Å². The van der Waals surface area contributed by atoms with Gasteiger partial charge >= 0.3 is 0 Å². The minimum atomic E-state index is -0.388. The van der Waals surface area contributed by atoms with Crippen LogP contribution in [0.3, 0.4) is 0 Å². The minimum Gasteiger partial charge on any atom is -0.265 e. The van der Waals surface area contributed by atoms with Gasteiger partial charge in [-0.25, -0.2) is 5.06 Å². The molecular formula is C9H13N2O. The number of pyridine rings is 1. The highest BCUT2D eigenvalue weighted by atomic mass is 16.5. The van der Waals surface area contributed by atoms with Gasteiger partial charge in [-0.05, 0) is 32.9 Å². The third-order valence-corrected chi connectivity index (χ3v) is 1.51. The first-order chi connectivity index (χ1) is 5.52. The third kappa shape index (κ3) is 1.95. The molecule has 0 amide bonds. The van der Waals surface area contributed by atoms with Crippen molar-refractivity contribution in [3.05, 3.63) is 24.5 Å². The van der Waals surface area contributed by atoms with Crippen LogP contribution in [-0.2, 0) is 5.21 Å². The van der Waals surface area contributed by atoms with Gasteiger partial charge in [-0.2, -0.15) is 0 Å². The fourth-order valence-electron chi connectivity index (χ4n) is 0.867. The van der Waals surface area contributed by atoms with Crippen LogP contribution in [0, 0.1) is 0 Å². The third-order valence-electron chi connectivity index (χ3n) is 1.51. The topological polar surface area (TPSA) is 36.0 Å². The van der Waals surface area contributed by atoms with E-state index in [0.717, 1.165) is 5.06 Å². The molecule has 0 unspecified atom stereocenters. The number of rotatable bonds is 1. The summed E-state index contributed by atoms with van der Waals surface area (Å²) in [7, 11) is 0.